The summed E-state index contributed by atoms with van der Waals surface area (Å²) in [5.74, 6) is -0.329. The van der Waals surface area contributed by atoms with Gasteiger partial charge in [0.15, 0.2) is 0 Å². The topological polar surface area (TPSA) is 88.1 Å². The second-order valence-corrected chi connectivity index (χ2v) is 5.57. The van der Waals surface area contributed by atoms with Crippen LogP contribution in [0.3, 0.4) is 0 Å². The third-order valence-corrected chi connectivity index (χ3v) is 3.93. The normalized spacial score (nSPS) is 26.0. The van der Waals surface area contributed by atoms with Crippen LogP contribution in [0.15, 0.2) is 5.16 Å². The van der Waals surface area contributed by atoms with Gasteiger partial charge < -0.3 is 5.32 Å². The van der Waals surface area contributed by atoms with Crippen molar-refractivity contribution < 1.29 is 18.6 Å². The summed E-state index contributed by atoms with van der Waals surface area (Å²) < 4.78 is 10.8. The highest BCUT2D eigenvalue weighted by atomic mass is 32.2. The number of nitrogens with zero attached hydrogens (tertiary/aromatic N) is 2. The second-order valence-electron chi connectivity index (χ2n) is 3.65. The van der Waals surface area contributed by atoms with Crippen molar-refractivity contribution in [1.82, 2.24) is 10.2 Å². The Labute approximate surface area is 95.3 Å². The van der Waals surface area contributed by atoms with Crippen LogP contribution < -0.4 is 5.32 Å². The van der Waals surface area contributed by atoms with Crippen LogP contribution in [0.4, 0.5) is 4.79 Å². The fraction of sp³-hybridized carbons (Fsp3) is 0.625. The summed E-state index contributed by atoms with van der Waals surface area (Å²) in [5.41, 5.74) is 0. The van der Waals surface area contributed by atoms with Crippen LogP contribution >= 0.6 is 0 Å². The minimum absolute atomic E-state index is 0.0569. The van der Waals surface area contributed by atoms with Gasteiger partial charge in [-0.3, -0.25) is 14.5 Å². The van der Waals surface area contributed by atoms with Crippen LogP contribution in [0, 0.1) is 0 Å². The van der Waals surface area contributed by atoms with E-state index in [4.69, 9.17) is 0 Å². The number of oxime groups is 1. The molecule has 0 aromatic carbocycles. The van der Waals surface area contributed by atoms with Gasteiger partial charge in [0.25, 0.3) is 0 Å². The zero-order valence-corrected chi connectivity index (χ0v) is 10.3. The Morgan fingerprint density at radius 3 is 2.50 bits per heavy atom. The largest absolute Gasteiger partial charge is 0.433 e. The smallest absolute Gasteiger partial charge is 0.323 e. The predicted octanol–water partition coefficient (Wildman–Crippen LogP) is -0.387. The van der Waals surface area contributed by atoms with E-state index in [9.17, 15) is 13.8 Å². The summed E-state index contributed by atoms with van der Waals surface area (Å²) in [6.45, 7) is 3.09. The van der Waals surface area contributed by atoms with Gasteiger partial charge in [0, 0.05) is 14.1 Å². The third-order valence-electron chi connectivity index (χ3n) is 2.15. The number of carbonyl (C=O) groups excluding carboxylic acids is 2. The van der Waals surface area contributed by atoms with Crippen molar-refractivity contribution in [1.29, 1.82) is 0 Å². The van der Waals surface area contributed by atoms with Crippen molar-refractivity contribution in [3.8, 4) is 0 Å². The monoisotopic (exact) mass is 247 g/mol. The number of rotatable bonds is 1. The standard InChI is InChI=1S/C8H13N3O4S/c1-8(2)5(12)11(4)6(16(8)14)10-15-7(13)9-3/h1-4H3,(H,9,13). The van der Waals surface area contributed by atoms with Gasteiger partial charge in [0.1, 0.15) is 15.5 Å². The molecule has 0 spiro atoms. The molecule has 1 heterocycles. The molecule has 0 aliphatic carbocycles. The molecule has 1 saturated heterocycles. The van der Waals surface area contributed by atoms with E-state index in [0.29, 0.717) is 0 Å². The van der Waals surface area contributed by atoms with Gasteiger partial charge in [-0.15, -0.1) is 0 Å². The van der Waals surface area contributed by atoms with Crippen molar-refractivity contribution in [2.45, 2.75) is 18.6 Å². The highest BCUT2D eigenvalue weighted by Crippen LogP contribution is 2.26. The van der Waals surface area contributed by atoms with Crippen LogP contribution in [-0.4, -0.2) is 45.1 Å². The second kappa shape index (κ2) is 4.20. The fourth-order valence-corrected chi connectivity index (χ4v) is 2.33. The fourth-order valence-electron chi connectivity index (χ4n) is 1.14. The quantitative estimate of drug-likeness (QED) is 0.505. The zero-order chi connectivity index (χ0) is 12.5. The molecule has 0 radical (unpaired) electrons. The Kier molecular flexibility index (Phi) is 3.32. The maximum atomic E-state index is 11.9. The van der Waals surface area contributed by atoms with E-state index >= 15 is 0 Å². The van der Waals surface area contributed by atoms with Gasteiger partial charge in [-0.2, -0.15) is 0 Å². The lowest BCUT2D eigenvalue weighted by molar-refractivity contribution is -0.127. The molecule has 16 heavy (non-hydrogen) atoms. The third kappa shape index (κ3) is 1.92. The minimum Gasteiger partial charge on any atom is -0.323 e. The number of amides is 2. The number of nitrogens with one attached hydrogen (secondary N) is 1. The van der Waals surface area contributed by atoms with E-state index in [1.165, 1.54) is 14.1 Å². The summed E-state index contributed by atoms with van der Waals surface area (Å²) in [5, 5.41) is 5.53. The van der Waals surface area contributed by atoms with E-state index in [1.54, 1.807) is 13.8 Å². The molecule has 0 aromatic heterocycles. The highest BCUT2D eigenvalue weighted by molar-refractivity contribution is 8.03. The molecule has 90 valence electrons. The molecule has 1 rings (SSSR count). The van der Waals surface area contributed by atoms with E-state index in [1.807, 2.05) is 0 Å². The maximum absolute atomic E-state index is 11.9. The first kappa shape index (κ1) is 12.6. The van der Waals surface area contributed by atoms with Crippen LogP contribution in [0.1, 0.15) is 13.8 Å². The number of amidine groups is 1. The minimum atomic E-state index is -1.63. The molecule has 8 heteroatoms. The van der Waals surface area contributed by atoms with Crippen molar-refractivity contribution in [2.75, 3.05) is 14.1 Å². The summed E-state index contributed by atoms with van der Waals surface area (Å²) in [4.78, 5) is 28.0. The first-order chi connectivity index (χ1) is 7.32. The molecule has 1 unspecified atom stereocenters. The van der Waals surface area contributed by atoms with Gasteiger partial charge in [-0.25, -0.2) is 9.00 Å². The summed E-state index contributed by atoms with van der Waals surface area (Å²) in [6, 6.07) is 0. The van der Waals surface area contributed by atoms with Gasteiger partial charge in [-0.1, -0.05) is 0 Å². The molecule has 1 fully saturated rings. The maximum Gasteiger partial charge on any atom is 0.433 e. The SMILES string of the molecule is CNC(=O)ON=C1N(C)C(=O)C(C)(C)S1=O. The van der Waals surface area contributed by atoms with E-state index in [0.717, 1.165) is 4.90 Å². The molecule has 1 aliphatic rings. The lowest BCUT2D eigenvalue weighted by Gasteiger charge is -2.11. The first-order valence-electron chi connectivity index (χ1n) is 4.49. The van der Waals surface area contributed by atoms with Crippen LogP contribution in [0.2, 0.25) is 0 Å². The highest BCUT2D eigenvalue weighted by Gasteiger charge is 2.49. The molecule has 0 bridgehead atoms. The number of hydrogen-bond donors (Lipinski definition) is 1. The van der Waals surface area contributed by atoms with Crippen LogP contribution in [0.25, 0.3) is 0 Å². The Morgan fingerprint density at radius 2 is 2.12 bits per heavy atom. The Bertz CT molecular complexity index is 391. The van der Waals surface area contributed by atoms with Gasteiger partial charge in [-0.05, 0) is 19.0 Å². The van der Waals surface area contributed by atoms with Crippen molar-refractivity contribution in [3.63, 3.8) is 0 Å². The number of hydrogen-bond acceptors (Lipinski definition) is 5. The molecule has 1 N–H and O–H groups in total. The van der Waals surface area contributed by atoms with Crippen molar-refractivity contribution >= 4 is 28.0 Å². The zero-order valence-electron chi connectivity index (χ0n) is 9.44. The molecule has 2 amide bonds. The Morgan fingerprint density at radius 1 is 1.56 bits per heavy atom. The average molecular weight is 247 g/mol. The predicted molar refractivity (Wildman–Crippen MR) is 58.0 cm³/mol. The number of carbonyl (C=O) groups is 2. The van der Waals surface area contributed by atoms with Crippen molar-refractivity contribution in [2.24, 2.45) is 5.16 Å². The molecular formula is C8H13N3O4S. The summed E-state index contributed by atoms with van der Waals surface area (Å²) in [7, 11) is 1.17. The Hall–Kier alpha value is -1.44. The van der Waals surface area contributed by atoms with Gasteiger partial charge in [0.05, 0.1) is 0 Å². The van der Waals surface area contributed by atoms with Gasteiger partial charge >= 0.3 is 6.09 Å². The lowest BCUT2D eigenvalue weighted by atomic mass is 10.2. The van der Waals surface area contributed by atoms with E-state index in [-0.39, 0.29) is 11.1 Å². The molecule has 0 saturated carbocycles. The van der Waals surface area contributed by atoms with Gasteiger partial charge in [0.2, 0.25) is 11.1 Å². The van der Waals surface area contributed by atoms with E-state index < -0.39 is 21.6 Å². The lowest BCUT2D eigenvalue weighted by Crippen LogP contribution is -2.34. The molecule has 0 aromatic rings. The summed E-state index contributed by atoms with van der Waals surface area (Å²) in [6.07, 6.45) is -0.782. The molecule has 1 atom stereocenters. The summed E-state index contributed by atoms with van der Waals surface area (Å²) >= 11 is 0. The van der Waals surface area contributed by atoms with E-state index in [2.05, 4.69) is 15.3 Å². The van der Waals surface area contributed by atoms with Crippen LogP contribution in [-0.2, 0) is 20.4 Å². The molecule has 1 aliphatic heterocycles. The average Bonchev–Trinajstić information content (AvgIpc) is 2.39. The van der Waals surface area contributed by atoms with Crippen molar-refractivity contribution in [3.05, 3.63) is 0 Å². The van der Waals surface area contributed by atoms with Crippen LogP contribution in [0.5, 0.6) is 0 Å². The molecule has 7 nitrogen and oxygen atoms in total. The first-order valence-corrected chi connectivity index (χ1v) is 5.64. The molecular weight excluding hydrogens is 234 g/mol. The Balaban J connectivity index is 2.95.